The molecule has 0 saturated carbocycles. The number of nitrogens with one attached hydrogen (secondary N) is 2. The van der Waals surface area contributed by atoms with Crippen LogP contribution in [0.3, 0.4) is 0 Å². The van der Waals surface area contributed by atoms with Gasteiger partial charge in [0.15, 0.2) is 0 Å². The number of hydrogen-bond acceptors (Lipinski definition) is 4. The fourth-order valence-electron chi connectivity index (χ4n) is 2.03. The summed E-state index contributed by atoms with van der Waals surface area (Å²) in [5.41, 5.74) is 0.882. The Labute approximate surface area is 146 Å². The van der Waals surface area contributed by atoms with Gasteiger partial charge in [0.1, 0.15) is 0 Å². The van der Waals surface area contributed by atoms with Gasteiger partial charge in [0, 0.05) is 30.4 Å². The van der Waals surface area contributed by atoms with Crippen molar-refractivity contribution in [3.8, 4) is 0 Å². The van der Waals surface area contributed by atoms with E-state index in [1.807, 2.05) is 13.0 Å². The lowest BCUT2D eigenvalue weighted by molar-refractivity contribution is -0.121. The molecule has 0 saturated heterocycles. The summed E-state index contributed by atoms with van der Waals surface area (Å²) in [6, 6.07) is 9.28. The maximum atomic E-state index is 12.1. The van der Waals surface area contributed by atoms with Crippen LogP contribution in [0.5, 0.6) is 0 Å². The van der Waals surface area contributed by atoms with Gasteiger partial charge in [-0.2, -0.15) is 0 Å². The van der Waals surface area contributed by atoms with Crippen LogP contribution in [-0.2, 0) is 14.8 Å². The third-order valence-electron chi connectivity index (χ3n) is 3.33. The van der Waals surface area contributed by atoms with E-state index in [9.17, 15) is 13.2 Å². The van der Waals surface area contributed by atoms with Gasteiger partial charge in [0.25, 0.3) is 0 Å². The number of carbonyl (C=O) groups is 1. The topological polar surface area (TPSA) is 88.2 Å². The molecular formula is C16H18ClN3O3S. The van der Waals surface area contributed by atoms with Crippen LogP contribution < -0.4 is 10.0 Å². The highest BCUT2D eigenvalue weighted by Crippen LogP contribution is 2.14. The van der Waals surface area contributed by atoms with E-state index in [4.69, 9.17) is 11.6 Å². The SMILES string of the molecule is CC(NC(=O)CCNS(=O)(=O)c1ccc(Cl)cc1)c1cccnc1. The second kappa shape index (κ2) is 8.23. The molecule has 1 amide bonds. The Hall–Kier alpha value is -1.96. The average Bonchev–Trinajstić information content (AvgIpc) is 2.56. The minimum atomic E-state index is -3.65. The third kappa shape index (κ3) is 5.30. The molecule has 2 N–H and O–H groups in total. The summed E-state index contributed by atoms with van der Waals surface area (Å²) in [5, 5.41) is 3.25. The molecule has 2 aromatic rings. The van der Waals surface area contributed by atoms with E-state index in [0.717, 1.165) is 5.56 Å². The van der Waals surface area contributed by atoms with Crippen molar-refractivity contribution in [1.29, 1.82) is 0 Å². The van der Waals surface area contributed by atoms with E-state index in [1.54, 1.807) is 18.5 Å². The van der Waals surface area contributed by atoms with E-state index in [-0.39, 0.29) is 29.8 Å². The van der Waals surface area contributed by atoms with Crippen LogP contribution in [0.25, 0.3) is 0 Å². The van der Waals surface area contributed by atoms with Crippen LogP contribution in [0.4, 0.5) is 0 Å². The van der Waals surface area contributed by atoms with Crippen molar-refractivity contribution in [2.45, 2.75) is 24.3 Å². The number of hydrogen-bond donors (Lipinski definition) is 2. The quantitative estimate of drug-likeness (QED) is 0.785. The van der Waals surface area contributed by atoms with Gasteiger partial charge >= 0.3 is 0 Å². The van der Waals surface area contributed by atoms with E-state index >= 15 is 0 Å². The molecule has 6 nitrogen and oxygen atoms in total. The summed E-state index contributed by atoms with van der Waals surface area (Å²) < 4.78 is 26.5. The van der Waals surface area contributed by atoms with Gasteiger partial charge in [-0.1, -0.05) is 17.7 Å². The first-order valence-corrected chi connectivity index (χ1v) is 9.19. The third-order valence-corrected chi connectivity index (χ3v) is 5.06. The largest absolute Gasteiger partial charge is 0.349 e. The number of aromatic nitrogens is 1. The lowest BCUT2D eigenvalue weighted by Gasteiger charge is -2.14. The van der Waals surface area contributed by atoms with Crippen LogP contribution in [0, 0.1) is 0 Å². The lowest BCUT2D eigenvalue weighted by Crippen LogP contribution is -2.32. The summed E-state index contributed by atoms with van der Waals surface area (Å²) in [4.78, 5) is 16.0. The number of nitrogens with zero attached hydrogens (tertiary/aromatic N) is 1. The standard InChI is InChI=1S/C16H18ClN3O3S/c1-12(13-3-2-9-18-11-13)20-16(21)8-10-19-24(22,23)15-6-4-14(17)5-7-15/h2-7,9,11-12,19H,8,10H2,1H3,(H,20,21). The molecule has 0 fully saturated rings. The normalized spacial score (nSPS) is 12.6. The van der Waals surface area contributed by atoms with E-state index in [0.29, 0.717) is 5.02 Å². The minimum absolute atomic E-state index is 0.0105. The smallest absolute Gasteiger partial charge is 0.240 e. The highest BCUT2D eigenvalue weighted by Gasteiger charge is 2.15. The van der Waals surface area contributed by atoms with Gasteiger partial charge in [0.2, 0.25) is 15.9 Å². The molecule has 2 rings (SSSR count). The lowest BCUT2D eigenvalue weighted by atomic mass is 10.1. The van der Waals surface area contributed by atoms with Crippen molar-refractivity contribution in [3.63, 3.8) is 0 Å². The Balaban J connectivity index is 1.83. The molecule has 0 aliphatic rings. The van der Waals surface area contributed by atoms with Crippen molar-refractivity contribution in [3.05, 3.63) is 59.4 Å². The molecule has 1 unspecified atom stereocenters. The summed E-state index contributed by atoms with van der Waals surface area (Å²) in [5.74, 6) is -0.245. The Morgan fingerprint density at radius 2 is 1.96 bits per heavy atom. The van der Waals surface area contributed by atoms with Crippen molar-refractivity contribution in [2.75, 3.05) is 6.54 Å². The first-order valence-electron chi connectivity index (χ1n) is 7.33. The molecular weight excluding hydrogens is 350 g/mol. The molecule has 8 heteroatoms. The summed E-state index contributed by atoms with van der Waals surface area (Å²) >= 11 is 5.73. The van der Waals surface area contributed by atoms with Crippen molar-refractivity contribution >= 4 is 27.5 Å². The zero-order valence-corrected chi connectivity index (χ0v) is 14.6. The minimum Gasteiger partial charge on any atom is -0.349 e. The average molecular weight is 368 g/mol. The van der Waals surface area contributed by atoms with Gasteiger partial charge in [-0.25, -0.2) is 13.1 Å². The van der Waals surface area contributed by atoms with Gasteiger partial charge in [-0.3, -0.25) is 9.78 Å². The van der Waals surface area contributed by atoms with E-state index < -0.39 is 10.0 Å². The Kier molecular flexibility index (Phi) is 6.30. The van der Waals surface area contributed by atoms with Crippen LogP contribution >= 0.6 is 11.6 Å². The Morgan fingerprint density at radius 1 is 1.25 bits per heavy atom. The van der Waals surface area contributed by atoms with Gasteiger partial charge in [0.05, 0.1) is 10.9 Å². The van der Waals surface area contributed by atoms with Crippen LogP contribution in [0.1, 0.15) is 24.9 Å². The molecule has 1 atom stereocenters. The zero-order valence-electron chi connectivity index (χ0n) is 13.1. The highest BCUT2D eigenvalue weighted by molar-refractivity contribution is 7.89. The summed E-state index contributed by atoms with van der Waals surface area (Å²) in [6.45, 7) is 1.85. The van der Waals surface area contributed by atoms with Crippen LogP contribution in [0.15, 0.2) is 53.7 Å². The molecule has 128 valence electrons. The van der Waals surface area contributed by atoms with Crippen molar-refractivity contribution in [1.82, 2.24) is 15.0 Å². The van der Waals surface area contributed by atoms with Gasteiger partial charge < -0.3 is 5.32 Å². The Bertz CT molecular complexity index is 780. The number of halogens is 1. The number of pyridine rings is 1. The van der Waals surface area contributed by atoms with Gasteiger partial charge in [-0.05, 0) is 42.8 Å². The van der Waals surface area contributed by atoms with E-state index in [2.05, 4.69) is 15.0 Å². The maximum Gasteiger partial charge on any atom is 0.240 e. The second-order valence-corrected chi connectivity index (χ2v) is 7.38. The summed E-state index contributed by atoms with van der Waals surface area (Å²) in [7, 11) is -3.65. The number of benzene rings is 1. The number of carbonyl (C=O) groups excluding carboxylic acids is 1. The number of amides is 1. The van der Waals surface area contributed by atoms with Crippen LogP contribution in [0.2, 0.25) is 5.02 Å². The maximum absolute atomic E-state index is 12.1. The molecule has 0 bridgehead atoms. The molecule has 24 heavy (non-hydrogen) atoms. The molecule has 1 heterocycles. The molecule has 1 aromatic carbocycles. The Morgan fingerprint density at radius 3 is 2.58 bits per heavy atom. The second-order valence-electron chi connectivity index (χ2n) is 5.18. The fraction of sp³-hybridized carbons (Fsp3) is 0.250. The highest BCUT2D eigenvalue weighted by atomic mass is 35.5. The predicted molar refractivity (Wildman–Crippen MR) is 92.1 cm³/mol. The monoisotopic (exact) mass is 367 g/mol. The van der Waals surface area contributed by atoms with Crippen molar-refractivity contribution < 1.29 is 13.2 Å². The van der Waals surface area contributed by atoms with Crippen LogP contribution in [-0.4, -0.2) is 25.9 Å². The van der Waals surface area contributed by atoms with E-state index in [1.165, 1.54) is 24.3 Å². The predicted octanol–water partition coefficient (Wildman–Crippen LogP) is 2.28. The summed E-state index contributed by atoms with van der Waals surface area (Å²) in [6.07, 6.45) is 3.37. The zero-order chi connectivity index (χ0) is 17.6. The molecule has 1 aromatic heterocycles. The molecule has 0 radical (unpaired) electrons. The first-order chi connectivity index (χ1) is 11.4. The number of sulfonamides is 1. The fourth-order valence-corrected chi connectivity index (χ4v) is 3.18. The molecule has 0 aliphatic carbocycles. The first kappa shape index (κ1) is 18.4. The molecule has 0 aliphatic heterocycles. The molecule has 0 spiro atoms. The number of rotatable bonds is 7. The van der Waals surface area contributed by atoms with Gasteiger partial charge in [-0.15, -0.1) is 0 Å². The van der Waals surface area contributed by atoms with Crippen molar-refractivity contribution in [2.24, 2.45) is 0 Å².